The standard InChI is InChI=1S/C22H36N2O3/c1-2-3-4-5-6-7-8-9-10-11-12-17-23-21(26)22(27)24-18-19-13-15-20(25)16-14-19/h13-16,25H,2-12,17-18H2,1H3,(H,23,26)(H,24,27). The van der Waals surface area contributed by atoms with Crippen molar-refractivity contribution >= 4 is 11.8 Å². The van der Waals surface area contributed by atoms with Crippen LogP contribution in [0, 0.1) is 0 Å². The molecule has 3 N–H and O–H groups in total. The summed E-state index contributed by atoms with van der Waals surface area (Å²) in [5.74, 6) is -1.03. The molecule has 0 aromatic heterocycles. The maximum absolute atomic E-state index is 11.7. The summed E-state index contributed by atoms with van der Waals surface area (Å²) < 4.78 is 0. The Balaban J connectivity index is 1.94. The number of rotatable bonds is 14. The summed E-state index contributed by atoms with van der Waals surface area (Å²) >= 11 is 0. The molecule has 1 aromatic rings. The second-order valence-corrected chi connectivity index (χ2v) is 7.14. The molecule has 0 spiro atoms. The molecule has 0 radical (unpaired) electrons. The molecule has 27 heavy (non-hydrogen) atoms. The quantitative estimate of drug-likeness (QED) is 0.332. The number of aromatic hydroxyl groups is 1. The molecular weight excluding hydrogens is 340 g/mol. The first-order valence-corrected chi connectivity index (χ1v) is 10.5. The van der Waals surface area contributed by atoms with E-state index in [9.17, 15) is 14.7 Å². The Labute approximate surface area is 163 Å². The van der Waals surface area contributed by atoms with E-state index in [1.54, 1.807) is 24.3 Å². The molecule has 5 heteroatoms. The molecule has 0 saturated heterocycles. The SMILES string of the molecule is CCCCCCCCCCCCCNC(=O)C(=O)NCc1ccc(O)cc1. The van der Waals surface area contributed by atoms with Gasteiger partial charge in [-0.15, -0.1) is 0 Å². The monoisotopic (exact) mass is 376 g/mol. The zero-order valence-corrected chi connectivity index (χ0v) is 16.8. The minimum Gasteiger partial charge on any atom is -0.508 e. The van der Waals surface area contributed by atoms with Gasteiger partial charge in [-0.25, -0.2) is 0 Å². The van der Waals surface area contributed by atoms with Gasteiger partial charge >= 0.3 is 11.8 Å². The van der Waals surface area contributed by atoms with Crippen molar-refractivity contribution in [3.8, 4) is 5.75 Å². The summed E-state index contributed by atoms with van der Waals surface area (Å²) in [4.78, 5) is 23.5. The highest BCUT2D eigenvalue weighted by atomic mass is 16.3. The van der Waals surface area contributed by atoms with Gasteiger partial charge in [0.2, 0.25) is 0 Å². The lowest BCUT2D eigenvalue weighted by atomic mass is 10.1. The number of amides is 2. The van der Waals surface area contributed by atoms with Crippen LogP contribution in [0.1, 0.15) is 83.1 Å². The van der Waals surface area contributed by atoms with Gasteiger partial charge in [0.1, 0.15) is 5.75 Å². The summed E-state index contributed by atoms with van der Waals surface area (Å²) in [5.41, 5.74) is 0.833. The van der Waals surface area contributed by atoms with Crippen molar-refractivity contribution < 1.29 is 14.7 Å². The number of phenolic OH excluding ortho intramolecular Hbond substituents is 1. The van der Waals surface area contributed by atoms with E-state index in [1.165, 1.54) is 57.8 Å². The number of phenols is 1. The average molecular weight is 377 g/mol. The van der Waals surface area contributed by atoms with Crippen molar-refractivity contribution in [2.45, 2.75) is 84.1 Å². The molecule has 1 rings (SSSR count). The molecule has 0 bridgehead atoms. The lowest BCUT2D eigenvalue weighted by Gasteiger charge is -2.07. The van der Waals surface area contributed by atoms with E-state index in [-0.39, 0.29) is 12.3 Å². The molecule has 0 fully saturated rings. The van der Waals surface area contributed by atoms with Crippen LogP contribution in [0.3, 0.4) is 0 Å². The van der Waals surface area contributed by atoms with Crippen molar-refractivity contribution in [2.24, 2.45) is 0 Å². The molecule has 0 aliphatic carbocycles. The van der Waals surface area contributed by atoms with Crippen LogP contribution < -0.4 is 10.6 Å². The predicted molar refractivity (Wildman–Crippen MR) is 109 cm³/mol. The van der Waals surface area contributed by atoms with E-state index >= 15 is 0 Å². The summed E-state index contributed by atoms with van der Waals surface area (Å²) in [7, 11) is 0. The number of hydrogen-bond donors (Lipinski definition) is 3. The highest BCUT2D eigenvalue weighted by Crippen LogP contribution is 2.11. The van der Waals surface area contributed by atoms with E-state index in [2.05, 4.69) is 17.6 Å². The summed E-state index contributed by atoms with van der Waals surface area (Å²) in [6.45, 7) is 3.06. The Morgan fingerprint density at radius 2 is 1.22 bits per heavy atom. The molecular formula is C22H36N2O3. The van der Waals surface area contributed by atoms with Gasteiger partial charge in [-0.1, -0.05) is 83.3 Å². The minimum absolute atomic E-state index is 0.176. The average Bonchev–Trinajstić information content (AvgIpc) is 2.68. The maximum Gasteiger partial charge on any atom is 0.309 e. The molecule has 1 aromatic carbocycles. The van der Waals surface area contributed by atoms with E-state index in [0.717, 1.165) is 18.4 Å². The number of carbonyl (C=O) groups is 2. The highest BCUT2D eigenvalue weighted by Gasteiger charge is 2.11. The van der Waals surface area contributed by atoms with Crippen LogP contribution >= 0.6 is 0 Å². The summed E-state index contributed by atoms with van der Waals surface area (Å²) in [6, 6.07) is 6.51. The van der Waals surface area contributed by atoms with Crippen LogP contribution in [0.5, 0.6) is 5.75 Å². The number of benzene rings is 1. The van der Waals surface area contributed by atoms with Crippen molar-refractivity contribution in [3.63, 3.8) is 0 Å². The molecule has 0 atom stereocenters. The normalized spacial score (nSPS) is 10.6. The van der Waals surface area contributed by atoms with Crippen molar-refractivity contribution in [1.29, 1.82) is 0 Å². The zero-order valence-electron chi connectivity index (χ0n) is 16.8. The Morgan fingerprint density at radius 1 is 0.741 bits per heavy atom. The lowest BCUT2D eigenvalue weighted by molar-refractivity contribution is -0.139. The fourth-order valence-electron chi connectivity index (χ4n) is 2.95. The Bertz CT molecular complexity index is 529. The van der Waals surface area contributed by atoms with Crippen LogP contribution in [0.15, 0.2) is 24.3 Å². The Morgan fingerprint density at radius 3 is 1.78 bits per heavy atom. The van der Waals surface area contributed by atoms with Crippen LogP contribution in [-0.2, 0) is 16.1 Å². The maximum atomic E-state index is 11.7. The van der Waals surface area contributed by atoms with Gasteiger partial charge < -0.3 is 15.7 Å². The zero-order chi connectivity index (χ0) is 19.7. The number of carbonyl (C=O) groups excluding carboxylic acids is 2. The molecule has 0 heterocycles. The third-order valence-corrected chi connectivity index (χ3v) is 4.66. The summed E-state index contributed by atoms with van der Waals surface area (Å²) in [5, 5.41) is 14.5. The van der Waals surface area contributed by atoms with Gasteiger partial charge in [0.05, 0.1) is 0 Å². The molecule has 0 aliphatic heterocycles. The van der Waals surface area contributed by atoms with Gasteiger partial charge in [0.25, 0.3) is 0 Å². The first-order valence-electron chi connectivity index (χ1n) is 10.5. The van der Waals surface area contributed by atoms with Gasteiger partial charge in [0, 0.05) is 13.1 Å². The van der Waals surface area contributed by atoms with Crippen LogP contribution in [-0.4, -0.2) is 23.5 Å². The van der Waals surface area contributed by atoms with Crippen molar-refractivity contribution in [1.82, 2.24) is 10.6 Å². The van der Waals surface area contributed by atoms with Crippen LogP contribution in [0.25, 0.3) is 0 Å². The topological polar surface area (TPSA) is 78.4 Å². The molecule has 152 valence electrons. The van der Waals surface area contributed by atoms with Crippen LogP contribution in [0.2, 0.25) is 0 Å². The number of nitrogens with one attached hydrogen (secondary N) is 2. The number of unbranched alkanes of at least 4 members (excludes halogenated alkanes) is 10. The highest BCUT2D eigenvalue weighted by molar-refractivity contribution is 6.35. The molecule has 0 unspecified atom stereocenters. The van der Waals surface area contributed by atoms with Crippen molar-refractivity contribution in [2.75, 3.05) is 6.54 Å². The largest absolute Gasteiger partial charge is 0.508 e. The van der Waals surface area contributed by atoms with E-state index < -0.39 is 11.8 Å². The third-order valence-electron chi connectivity index (χ3n) is 4.66. The van der Waals surface area contributed by atoms with Gasteiger partial charge in [-0.05, 0) is 24.1 Å². The lowest BCUT2D eigenvalue weighted by Crippen LogP contribution is -2.39. The molecule has 2 amide bonds. The van der Waals surface area contributed by atoms with E-state index in [4.69, 9.17) is 0 Å². The van der Waals surface area contributed by atoms with Crippen LogP contribution in [0.4, 0.5) is 0 Å². The smallest absolute Gasteiger partial charge is 0.309 e. The third kappa shape index (κ3) is 12.1. The van der Waals surface area contributed by atoms with Gasteiger partial charge in [-0.2, -0.15) is 0 Å². The summed E-state index contributed by atoms with van der Waals surface area (Å²) in [6.07, 6.45) is 13.9. The second kappa shape index (κ2) is 15.1. The first-order chi connectivity index (χ1) is 13.1. The second-order valence-electron chi connectivity index (χ2n) is 7.14. The minimum atomic E-state index is -0.619. The fourth-order valence-corrected chi connectivity index (χ4v) is 2.95. The van der Waals surface area contributed by atoms with E-state index in [1.807, 2.05) is 0 Å². The van der Waals surface area contributed by atoms with E-state index in [0.29, 0.717) is 6.54 Å². The fraction of sp³-hybridized carbons (Fsp3) is 0.636. The van der Waals surface area contributed by atoms with Gasteiger partial charge in [-0.3, -0.25) is 9.59 Å². The predicted octanol–water partition coefficient (Wildman–Crippen LogP) is 4.44. The van der Waals surface area contributed by atoms with Gasteiger partial charge in [0.15, 0.2) is 0 Å². The molecule has 0 saturated carbocycles. The molecule has 0 aliphatic rings. The Hall–Kier alpha value is -2.04. The Kier molecular flexibility index (Phi) is 12.8. The number of hydrogen-bond acceptors (Lipinski definition) is 3. The molecule has 5 nitrogen and oxygen atoms in total. The van der Waals surface area contributed by atoms with Crippen molar-refractivity contribution in [3.05, 3.63) is 29.8 Å². The first kappa shape index (κ1) is 23.0.